The third kappa shape index (κ3) is 8.29. The summed E-state index contributed by atoms with van der Waals surface area (Å²) in [7, 11) is 5.81. The maximum atomic E-state index is 14.0. The summed E-state index contributed by atoms with van der Waals surface area (Å²) in [6, 6.07) is 19.2. The van der Waals surface area contributed by atoms with Crippen LogP contribution in [0.4, 0.5) is 15.8 Å². The van der Waals surface area contributed by atoms with Crippen molar-refractivity contribution in [2.45, 2.75) is 39.0 Å². The molecule has 1 aromatic heterocycles. The van der Waals surface area contributed by atoms with E-state index in [1.807, 2.05) is 62.6 Å². The van der Waals surface area contributed by atoms with E-state index in [0.29, 0.717) is 47.3 Å². The SMILES string of the molecule is CCOC(=O)CCc1cccc(C(=Nc2ccc(N(C)C(=O)CCCCN(C)C)cc2)c2c(O)[nH]c3cc(F)ccc23)c1. The number of ether oxygens (including phenoxy) is 1. The second-order valence-corrected chi connectivity index (χ2v) is 10.7. The van der Waals surface area contributed by atoms with E-state index in [2.05, 4.69) is 9.88 Å². The van der Waals surface area contributed by atoms with E-state index < -0.39 is 5.82 Å². The largest absolute Gasteiger partial charge is 0.494 e. The Morgan fingerprint density at radius 1 is 0.977 bits per heavy atom. The molecule has 0 saturated carbocycles. The first kappa shape index (κ1) is 31.4. The molecule has 0 atom stereocenters. The van der Waals surface area contributed by atoms with E-state index in [-0.39, 0.29) is 24.2 Å². The second-order valence-electron chi connectivity index (χ2n) is 10.7. The number of aromatic hydroxyl groups is 1. The number of fused-ring (bicyclic) bond motifs is 1. The molecule has 4 aromatic rings. The lowest BCUT2D eigenvalue weighted by Gasteiger charge is -2.18. The molecular formula is C34H39FN4O4. The summed E-state index contributed by atoms with van der Waals surface area (Å²) in [4.78, 5) is 36.2. The summed E-state index contributed by atoms with van der Waals surface area (Å²) in [5.74, 6) is -0.777. The van der Waals surface area contributed by atoms with Crippen molar-refractivity contribution < 1.29 is 23.8 Å². The summed E-state index contributed by atoms with van der Waals surface area (Å²) in [5.41, 5.74) is 4.35. The molecule has 9 heteroatoms. The molecule has 226 valence electrons. The Morgan fingerprint density at radius 3 is 2.47 bits per heavy atom. The number of hydrogen-bond donors (Lipinski definition) is 2. The van der Waals surface area contributed by atoms with Gasteiger partial charge in [0.05, 0.1) is 29.1 Å². The lowest BCUT2D eigenvalue weighted by Crippen LogP contribution is -2.26. The molecule has 0 aliphatic heterocycles. The number of amides is 1. The van der Waals surface area contributed by atoms with E-state index in [0.717, 1.165) is 36.2 Å². The first-order chi connectivity index (χ1) is 20.7. The molecule has 0 spiro atoms. The molecule has 0 radical (unpaired) electrons. The Hall–Kier alpha value is -4.50. The van der Waals surface area contributed by atoms with Gasteiger partial charge in [-0.3, -0.25) is 9.59 Å². The zero-order valence-electron chi connectivity index (χ0n) is 25.2. The number of carbonyl (C=O) groups excluding carboxylic acids is 2. The predicted molar refractivity (Wildman–Crippen MR) is 169 cm³/mol. The minimum absolute atomic E-state index is 0.0475. The fourth-order valence-corrected chi connectivity index (χ4v) is 4.91. The van der Waals surface area contributed by atoms with Crippen molar-refractivity contribution in [1.29, 1.82) is 0 Å². The molecule has 4 rings (SSSR count). The van der Waals surface area contributed by atoms with Gasteiger partial charge in [0.1, 0.15) is 5.82 Å². The minimum atomic E-state index is -0.424. The molecule has 0 fully saturated rings. The van der Waals surface area contributed by atoms with Crippen molar-refractivity contribution in [3.05, 3.63) is 89.2 Å². The molecule has 43 heavy (non-hydrogen) atoms. The molecule has 1 heterocycles. The Bertz CT molecular complexity index is 1590. The number of nitrogens with one attached hydrogen (secondary N) is 1. The first-order valence-electron chi connectivity index (χ1n) is 14.5. The van der Waals surface area contributed by atoms with Gasteiger partial charge in [-0.05, 0) is 101 Å². The highest BCUT2D eigenvalue weighted by Crippen LogP contribution is 2.32. The van der Waals surface area contributed by atoms with Gasteiger partial charge in [0.25, 0.3) is 0 Å². The van der Waals surface area contributed by atoms with Crippen molar-refractivity contribution in [3.8, 4) is 5.88 Å². The highest BCUT2D eigenvalue weighted by molar-refractivity contribution is 6.22. The van der Waals surface area contributed by atoms with E-state index in [4.69, 9.17) is 9.73 Å². The first-order valence-corrected chi connectivity index (χ1v) is 14.5. The van der Waals surface area contributed by atoms with E-state index in [1.54, 1.807) is 24.9 Å². The number of carbonyl (C=O) groups is 2. The number of unbranched alkanes of at least 4 members (excludes halogenated alkanes) is 1. The van der Waals surface area contributed by atoms with E-state index >= 15 is 0 Å². The van der Waals surface area contributed by atoms with Crippen LogP contribution in [-0.4, -0.2) is 66.9 Å². The average molecular weight is 587 g/mol. The number of aryl methyl sites for hydroxylation is 1. The number of aliphatic imine (C=N–C) groups is 1. The van der Waals surface area contributed by atoms with Crippen LogP contribution in [0.25, 0.3) is 10.9 Å². The smallest absolute Gasteiger partial charge is 0.306 e. The van der Waals surface area contributed by atoms with Crippen molar-refractivity contribution in [2.24, 2.45) is 4.99 Å². The van der Waals surface area contributed by atoms with Crippen LogP contribution >= 0.6 is 0 Å². The lowest BCUT2D eigenvalue weighted by atomic mass is 9.97. The third-order valence-electron chi connectivity index (χ3n) is 7.20. The maximum absolute atomic E-state index is 14.0. The van der Waals surface area contributed by atoms with Crippen molar-refractivity contribution in [3.63, 3.8) is 0 Å². The number of H-pyrrole nitrogens is 1. The number of halogens is 1. The van der Waals surface area contributed by atoms with Gasteiger partial charge in [-0.1, -0.05) is 18.2 Å². The van der Waals surface area contributed by atoms with Crippen LogP contribution in [0.5, 0.6) is 5.88 Å². The number of aromatic nitrogens is 1. The Balaban J connectivity index is 1.66. The van der Waals surface area contributed by atoms with Crippen LogP contribution < -0.4 is 4.90 Å². The van der Waals surface area contributed by atoms with Gasteiger partial charge in [0.2, 0.25) is 5.91 Å². The minimum Gasteiger partial charge on any atom is -0.494 e. The molecule has 1 amide bonds. The Labute approximate surface area is 251 Å². The maximum Gasteiger partial charge on any atom is 0.306 e. The average Bonchev–Trinajstić information content (AvgIpc) is 3.31. The summed E-state index contributed by atoms with van der Waals surface area (Å²) < 4.78 is 19.1. The summed E-state index contributed by atoms with van der Waals surface area (Å²) in [6.45, 7) is 3.05. The highest BCUT2D eigenvalue weighted by atomic mass is 19.1. The number of anilines is 1. The summed E-state index contributed by atoms with van der Waals surface area (Å²) in [6.07, 6.45) is 2.98. The molecule has 3 aromatic carbocycles. The van der Waals surface area contributed by atoms with Crippen LogP contribution in [0.15, 0.2) is 71.7 Å². The van der Waals surface area contributed by atoms with Crippen molar-refractivity contribution in [1.82, 2.24) is 9.88 Å². The van der Waals surface area contributed by atoms with Gasteiger partial charge >= 0.3 is 5.97 Å². The zero-order valence-corrected chi connectivity index (χ0v) is 25.2. The van der Waals surface area contributed by atoms with E-state index in [9.17, 15) is 19.1 Å². The molecule has 0 saturated heterocycles. The molecule has 0 aliphatic carbocycles. The molecule has 8 nitrogen and oxygen atoms in total. The van der Waals surface area contributed by atoms with Crippen molar-refractivity contribution >= 4 is 39.9 Å². The number of aromatic amines is 1. The quantitative estimate of drug-likeness (QED) is 0.108. The van der Waals surface area contributed by atoms with Crippen LogP contribution in [0, 0.1) is 5.82 Å². The number of rotatable bonds is 13. The monoisotopic (exact) mass is 586 g/mol. The van der Waals surface area contributed by atoms with Gasteiger partial charge in [-0.25, -0.2) is 9.38 Å². The van der Waals surface area contributed by atoms with Crippen molar-refractivity contribution in [2.75, 3.05) is 39.2 Å². The molecular weight excluding hydrogens is 547 g/mol. The molecule has 0 bridgehead atoms. The van der Waals surface area contributed by atoms with Crippen LogP contribution in [-0.2, 0) is 20.7 Å². The van der Waals surface area contributed by atoms with Gasteiger partial charge in [0, 0.05) is 36.5 Å². The van der Waals surface area contributed by atoms with Crippen LogP contribution in [0.1, 0.15) is 49.3 Å². The van der Waals surface area contributed by atoms with Gasteiger partial charge in [0.15, 0.2) is 5.88 Å². The fourth-order valence-electron chi connectivity index (χ4n) is 4.91. The highest BCUT2D eigenvalue weighted by Gasteiger charge is 2.20. The summed E-state index contributed by atoms with van der Waals surface area (Å²) in [5, 5.41) is 11.6. The predicted octanol–water partition coefficient (Wildman–Crippen LogP) is 6.37. The number of benzene rings is 3. The Morgan fingerprint density at radius 2 is 1.74 bits per heavy atom. The second kappa shape index (κ2) is 14.6. The van der Waals surface area contributed by atoms with Gasteiger partial charge in [-0.2, -0.15) is 0 Å². The molecule has 0 aliphatic rings. The zero-order chi connectivity index (χ0) is 30.9. The van der Waals surface area contributed by atoms with Crippen LogP contribution in [0.2, 0.25) is 0 Å². The fraction of sp³-hybridized carbons (Fsp3) is 0.324. The number of hydrogen-bond acceptors (Lipinski definition) is 6. The normalized spacial score (nSPS) is 11.7. The van der Waals surface area contributed by atoms with E-state index in [1.165, 1.54) is 12.1 Å². The number of nitrogens with zero attached hydrogens (tertiary/aromatic N) is 3. The van der Waals surface area contributed by atoms with Gasteiger partial charge in [-0.15, -0.1) is 0 Å². The van der Waals surface area contributed by atoms with Gasteiger partial charge < -0.3 is 24.6 Å². The topological polar surface area (TPSA) is 98.2 Å². The molecule has 0 unspecified atom stereocenters. The Kier molecular flexibility index (Phi) is 10.7. The standard InChI is InChI=1S/C34H39FN4O4/c1-5-43-31(41)19-12-23-9-8-10-24(21-23)33(32-28-18-13-25(35)22-29(28)37-34(32)42)36-26-14-16-27(17-15-26)39(4)30(40)11-6-7-20-38(2)3/h8-10,13-18,21-22,37,42H,5-7,11-12,19-20H2,1-4H3. The third-order valence-corrected chi connectivity index (χ3v) is 7.20. The molecule has 2 N–H and O–H groups in total. The lowest BCUT2D eigenvalue weighted by molar-refractivity contribution is -0.143. The van der Waals surface area contributed by atoms with Crippen LogP contribution in [0.3, 0.4) is 0 Å². The summed E-state index contributed by atoms with van der Waals surface area (Å²) >= 11 is 0. The number of esters is 1.